The summed E-state index contributed by atoms with van der Waals surface area (Å²) in [4.78, 5) is 21.4. The van der Waals surface area contributed by atoms with Gasteiger partial charge in [0.1, 0.15) is 4.49 Å². The van der Waals surface area contributed by atoms with Gasteiger partial charge in [0.25, 0.3) is 0 Å². The molecule has 0 unspecified atom stereocenters. The second-order valence-electron chi connectivity index (χ2n) is 5.12. The number of hydrogen-bond acceptors (Lipinski definition) is 5. The monoisotopic (exact) mass is 459 g/mol. The van der Waals surface area contributed by atoms with Crippen LogP contribution in [0.3, 0.4) is 0 Å². The number of anilines is 1. The van der Waals surface area contributed by atoms with Crippen molar-refractivity contribution in [2.75, 3.05) is 24.8 Å². The molecule has 6 nitrogen and oxygen atoms in total. The molecule has 0 saturated carbocycles. The number of aryl methyl sites for hydroxylation is 1. The summed E-state index contributed by atoms with van der Waals surface area (Å²) in [5.41, 5.74) is 7.96. The van der Waals surface area contributed by atoms with Gasteiger partial charge in [-0.3, -0.25) is 24.1 Å². The van der Waals surface area contributed by atoms with Crippen LogP contribution in [-0.2, 0) is 4.79 Å². The zero-order valence-corrected chi connectivity index (χ0v) is 18.5. The van der Waals surface area contributed by atoms with Gasteiger partial charge in [-0.1, -0.05) is 41.0 Å². The number of amidine groups is 1. The van der Waals surface area contributed by atoms with Gasteiger partial charge in [0.15, 0.2) is 5.17 Å². The van der Waals surface area contributed by atoms with Crippen LogP contribution in [0, 0.1) is 6.92 Å². The number of pyridine rings is 2. The molecule has 0 saturated heterocycles. The van der Waals surface area contributed by atoms with E-state index >= 15 is 0 Å². The molecule has 29 heavy (non-hydrogen) atoms. The Morgan fingerprint density at radius 2 is 2.00 bits per heavy atom. The first-order valence-corrected chi connectivity index (χ1v) is 10.1. The van der Waals surface area contributed by atoms with Crippen molar-refractivity contribution in [2.45, 2.75) is 13.3 Å². The largest absolute Gasteiger partial charge is 0.379 e. The van der Waals surface area contributed by atoms with E-state index in [1.54, 1.807) is 43.8 Å². The fourth-order valence-corrected chi connectivity index (χ4v) is 2.35. The normalized spacial score (nSPS) is 9.90. The van der Waals surface area contributed by atoms with E-state index in [4.69, 9.17) is 28.9 Å². The quantitative estimate of drug-likeness (QED) is 0.279. The van der Waals surface area contributed by atoms with Gasteiger partial charge in [0, 0.05) is 42.8 Å². The van der Waals surface area contributed by atoms with E-state index in [-0.39, 0.29) is 11.2 Å². The van der Waals surface area contributed by atoms with Gasteiger partial charge in [-0.05, 0) is 43.2 Å². The highest BCUT2D eigenvalue weighted by Crippen LogP contribution is 2.12. The van der Waals surface area contributed by atoms with Crippen molar-refractivity contribution in [1.82, 2.24) is 9.97 Å². The van der Waals surface area contributed by atoms with Crippen molar-refractivity contribution in [2.24, 2.45) is 10.7 Å². The first kappa shape index (κ1) is 26.8. The number of thioether (sulfide) groups is 1. The minimum absolute atomic E-state index is 0.246. The summed E-state index contributed by atoms with van der Waals surface area (Å²) >= 11 is 12.3. The maximum Gasteiger partial charge on any atom is 0.211 e. The lowest BCUT2D eigenvalue weighted by Crippen LogP contribution is -2.06. The van der Waals surface area contributed by atoms with Gasteiger partial charge in [-0.2, -0.15) is 0 Å². The number of carbonyl (C=O) groups is 1. The Morgan fingerprint density at radius 1 is 1.31 bits per heavy atom. The predicted molar refractivity (Wildman–Crippen MR) is 123 cm³/mol. The SMILES string of the molecule is CN=C(N)SCCCF.Cc1ccc(C=C(Cl)Cl)cn1.O=CNc1ccncc1. The molecule has 2 heterocycles. The molecule has 0 fully saturated rings. The first-order valence-electron chi connectivity index (χ1n) is 8.39. The predicted octanol–water partition coefficient (Wildman–Crippen LogP) is 4.84. The van der Waals surface area contributed by atoms with Crippen LogP contribution in [0.2, 0.25) is 0 Å². The number of aromatic nitrogens is 2. The Morgan fingerprint density at radius 3 is 2.48 bits per heavy atom. The number of nitrogens with two attached hydrogens (primary N) is 1. The van der Waals surface area contributed by atoms with E-state index in [0.717, 1.165) is 22.7 Å². The topological polar surface area (TPSA) is 93.3 Å². The van der Waals surface area contributed by atoms with Gasteiger partial charge < -0.3 is 11.1 Å². The standard InChI is InChI=1S/C8H7Cl2N.C6H6N2O.C5H11FN2S/c1-6-2-3-7(5-11-6)4-8(9)10;9-5-8-6-1-3-7-4-2-6;1-8-5(7)9-4-2-3-6/h2-5H,1H3;1-5H,(H,7,8,9);2-4H2,1H3,(H2,7,8). The molecule has 2 aromatic rings. The van der Waals surface area contributed by atoms with Crippen molar-refractivity contribution in [3.63, 3.8) is 0 Å². The Hall–Kier alpha value is -2.16. The van der Waals surface area contributed by atoms with Crippen molar-refractivity contribution in [3.05, 3.63) is 58.6 Å². The number of nitrogens with one attached hydrogen (secondary N) is 1. The van der Waals surface area contributed by atoms with Crippen LogP contribution >= 0.6 is 35.0 Å². The molecule has 0 aromatic carbocycles. The molecule has 1 amide bonds. The third-order valence-electron chi connectivity index (χ3n) is 2.86. The van der Waals surface area contributed by atoms with Crippen LogP contribution in [-0.4, -0.2) is 41.0 Å². The summed E-state index contributed by atoms with van der Waals surface area (Å²) in [6, 6.07) is 7.25. The van der Waals surface area contributed by atoms with E-state index in [9.17, 15) is 9.18 Å². The minimum atomic E-state index is -0.274. The van der Waals surface area contributed by atoms with Crippen LogP contribution in [0.5, 0.6) is 0 Å². The second-order valence-corrected chi connectivity index (χ2v) is 7.24. The zero-order valence-electron chi connectivity index (χ0n) is 16.2. The van der Waals surface area contributed by atoms with E-state index in [1.165, 1.54) is 11.8 Å². The van der Waals surface area contributed by atoms with Crippen LogP contribution in [0.25, 0.3) is 6.08 Å². The fourth-order valence-electron chi connectivity index (χ4n) is 1.50. The summed E-state index contributed by atoms with van der Waals surface area (Å²) in [6.45, 7) is 1.65. The summed E-state index contributed by atoms with van der Waals surface area (Å²) in [7, 11) is 1.62. The Labute approximate surface area is 184 Å². The third-order valence-corrected chi connectivity index (χ3v) is 4.05. The molecule has 158 valence electrons. The number of aliphatic imine (C=N–C) groups is 1. The van der Waals surface area contributed by atoms with E-state index in [1.807, 2.05) is 19.1 Å². The molecule has 0 bridgehead atoms. The lowest BCUT2D eigenvalue weighted by atomic mass is 10.2. The van der Waals surface area contributed by atoms with Crippen molar-refractivity contribution in [1.29, 1.82) is 0 Å². The Kier molecular flexibility index (Phi) is 16.6. The molecule has 2 aromatic heterocycles. The lowest BCUT2D eigenvalue weighted by molar-refractivity contribution is -0.105. The van der Waals surface area contributed by atoms with Gasteiger partial charge in [-0.15, -0.1) is 0 Å². The molecule has 2 rings (SSSR count). The zero-order chi connectivity index (χ0) is 21.9. The van der Waals surface area contributed by atoms with E-state index < -0.39 is 0 Å². The highest BCUT2D eigenvalue weighted by Gasteiger charge is 1.90. The first-order chi connectivity index (χ1) is 13.9. The maximum absolute atomic E-state index is 11.5. The summed E-state index contributed by atoms with van der Waals surface area (Å²) in [5, 5.41) is 3.02. The van der Waals surface area contributed by atoms with Crippen LogP contribution < -0.4 is 11.1 Å². The van der Waals surface area contributed by atoms with Gasteiger partial charge in [0.2, 0.25) is 6.41 Å². The molecule has 10 heteroatoms. The lowest BCUT2D eigenvalue weighted by Gasteiger charge is -1.94. The third kappa shape index (κ3) is 16.5. The molecule has 0 aliphatic heterocycles. The maximum atomic E-state index is 11.5. The number of rotatable bonds is 6. The molecule has 3 N–H and O–H groups in total. The molecule has 0 spiro atoms. The van der Waals surface area contributed by atoms with E-state index in [0.29, 0.717) is 18.0 Å². The molecule has 0 atom stereocenters. The molecule has 0 aliphatic rings. The summed E-state index contributed by atoms with van der Waals surface area (Å²) < 4.78 is 11.7. The van der Waals surface area contributed by atoms with Crippen molar-refractivity contribution in [3.8, 4) is 0 Å². The number of alkyl halides is 1. The van der Waals surface area contributed by atoms with Crippen LogP contribution in [0.1, 0.15) is 17.7 Å². The highest BCUT2D eigenvalue weighted by molar-refractivity contribution is 8.13. The van der Waals surface area contributed by atoms with Crippen molar-refractivity contribution < 1.29 is 9.18 Å². The molecule has 0 aliphatic carbocycles. The second kappa shape index (κ2) is 17.9. The van der Waals surface area contributed by atoms with Gasteiger partial charge in [0.05, 0.1) is 6.67 Å². The molecule has 0 radical (unpaired) electrons. The van der Waals surface area contributed by atoms with Gasteiger partial charge in [-0.25, -0.2) is 0 Å². The average Bonchev–Trinajstić information content (AvgIpc) is 2.71. The molecular weight excluding hydrogens is 436 g/mol. The number of halogens is 3. The van der Waals surface area contributed by atoms with Crippen molar-refractivity contribution >= 4 is 58.3 Å². The highest BCUT2D eigenvalue weighted by atomic mass is 35.5. The number of nitrogens with zero attached hydrogens (tertiary/aromatic N) is 3. The Bertz CT molecular complexity index is 742. The molecular formula is C19H24Cl2FN5OS. The van der Waals surface area contributed by atoms with Crippen LogP contribution in [0.15, 0.2) is 52.3 Å². The fraction of sp³-hybridized carbons (Fsp3) is 0.263. The average molecular weight is 460 g/mol. The van der Waals surface area contributed by atoms with Gasteiger partial charge >= 0.3 is 0 Å². The summed E-state index contributed by atoms with van der Waals surface area (Å²) in [6.07, 6.45) is 7.80. The minimum Gasteiger partial charge on any atom is -0.379 e. The smallest absolute Gasteiger partial charge is 0.211 e. The van der Waals surface area contributed by atoms with Crippen LogP contribution in [0.4, 0.5) is 10.1 Å². The number of hydrogen-bond donors (Lipinski definition) is 2. The number of amides is 1. The Balaban J connectivity index is 0.000000409. The van der Waals surface area contributed by atoms with E-state index in [2.05, 4.69) is 20.3 Å². The summed E-state index contributed by atoms with van der Waals surface area (Å²) in [5.74, 6) is 0.722. The number of carbonyl (C=O) groups excluding carboxylic acids is 1.